The first-order chi connectivity index (χ1) is 12.6. The van der Waals surface area contributed by atoms with Crippen LogP contribution in [0.3, 0.4) is 0 Å². The maximum atomic E-state index is 12.6. The van der Waals surface area contributed by atoms with Gasteiger partial charge < -0.3 is 19.7 Å². The quantitative estimate of drug-likeness (QED) is 0.630. The van der Waals surface area contributed by atoms with Crippen LogP contribution in [0.2, 0.25) is 0 Å². The fraction of sp³-hybridized carbons (Fsp3) is 0.529. The van der Waals surface area contributed by atoms with E-state index >= 15 is 0 Å². The molecule has 0 unspecified atom stereocenters. The topological polar surface area (TPSA) is 111 Å². The highest BCUT2D eigenvalue weighted by atomic mass is 16.6. The Bertz CT molecular complexity index is 696. The van der Waals surface area contributed by atoms with E-state index < -0.39 is 10.8 Å². The second-order valence-corrected chi connectivity index (χ2v) is 6.25. The Hall–Kier alpha value is -2.52. The molecule has 1 aromatic carbocycles. The lowest BCUT2D eigenvalue weighted by atomic mass is 10.0. The standard InChI is InChI=1S/C17H21N3O6/c21-16(18-13-3-7-25-8-4-13)14-11-12(1-2-15(14)20(23)24)17(22)19-5-9-26-10-6-19/h1-2,11,13H,3-10H2,(H,18,21). The van der Waals surface area contributed by atoms with Crippen LogP contribution in [0.4, 0.5) is 5.69 Å². The van der Waals surface area contributed by atoms with Crippen molar-refractivity contribution in [3.05, 3.63) is 39.4 Å². The second-order valence-electron chi connectivity index (χ2n) is 6.25. The molecule has 2 saturated heterocycles. The summed E-state index contributed by atoms with van der Waals surface area (Å²) in [5.74, 6) is -0.802. The average Bonchev–Trinajstić information content (AvgIpc) is 2.68. The lowest BCUT2D eigenvalue weighted by molar-refractivity contribution is -0.385. The summed E-state index contributed by atoms with van der Waals surface area (Å²) >= 11 is 0. The number of rotatable bonds is 4. The molecule has 0 bridgehead atoms. The molecule has 9 nitrogen and oxygen atoms in total. The molecule has 0 aliphatic carbocycles. The van der Waals surface area contributed by atoms with Gasteiger partial charge in [0, 0.05) is 44.0 Å². The van der Waals surface area contributed by atoms with Crippen LogP contribution in [0.1, 0.15) is 33.6 Å². The molecule has 2 fully saturated rings. The largest absolute Gasteiger partial charge is 0.381 e. The van der Waals surface area contributed by atoms with E-state index in [4.69, 9.17) is 9.47 Å². The van der Waals surface area contributed by atoms with Crippen LogP contribution in [-0.4, -0.2) is 67.2 Å². The third-order valence-corrected chi connectivity index (χ3v) is 4.54. The second kappa shape index (κ2) is 8.24. The molecule has 2 aliphatic rings. The smallest absolute Gasteiger partial charge is 0.282 e. The van der Waals surface area contributed by atoms with E-state index in [-0.39, 0.29) is 28.8 Å². The number of benzene rings is 1. The molecular formula is C17H21N3O6. The summed E-state index contributed by atoms with van der Waals surface area (Å²) in [5.41, 5.74) is -0.150. The molecule has 0 radical (unpaired) electrons. The highest BCUT2D eigenvalue weighted by Gasteiger charge is 2.26. The van der Waals surface area contributed by atoms with Crippen LogP contribution >= 0.6 is 0 Å². The Labute approximate surface area is 150 Å². The monoisotopic (exact) mass is 363 g/mol. The van der Waals surface area contributed by atoms with Crippen molar-refractivity contribution in [3.8, 4) is 0 Å². The zero-order valence-electron chi connectivity index (χ0n) is 14.3. The van der Waals surface area contributed by atoms with Gasteiger partial charge in [-0.3, -0.25) is 19.7 Å². The summed E-state index contributed by atoms with van der Waals surface area (Å²) in [6.07, 6.45) is 1.32. The van der Waals surface area contributed by atoms with Crippen molar-refractivity contribution in [3.63, 3.8) is 0 Å². The molecule has 0 atom stereocenters. The van der Waals surface area contributed by atoms with Crippen LogP contribution in [0.5, 0.6) is 0 Å². The lowest BCUT2D eigenvalue weighted by Gasteiger charge is -2.27. The number of carbonyl (C=O) groups is 2. The third-order valence-electron chi connectivity index (χ3n) is 4.54. The van der Waals surface area contributed by atoms with Crippen molar-refractivity contribution in [2.45, 2.75) is 18.9 Å². The number of nitrogens with one attached hydrogen (secondary N) is 1. The van der Waals surface area contributed by atoms with Crippen molar-refractivity contribution < 1.29 is 24.0 Å². The highest BCUT2D eigenvalue weighted by molar-refractivity contribution is 6.02. The van der Waals surface area contributed by atoms with Gasteiger partial charge in [-0.05, 0) is 25.0 Å². The first-order valence-electron chi connectivity index (χ1n) is 8.60. The van der Waals surface area contributed by atoms with E-state index in [2.05, 4.69) is 5.32 Å². The minimum absolute atomic E-state index is 0.0885. The average molecular weight is 363 g/mol. The van der Waals surface area contributed by atoms with Gasteiger partial charge in [-0.2, -0.15) is 0 Å². The summed E-state index contributed by atoms with van der Waals surface area (Å²) in [4.78, 5) is 37.5. The van der Waals surface area contributed by atoms with Crippen molar-refractivity contribution in [1.82, 2.24) is 10.2 Å². The highest BCUT2D eigenvalue weighted by Crippen LogP contribution is 2.22. The van der Waals surface area contributed by atoms with Crippen molar-refractivity contribution in [2.75, 3.05) is 39.5 Å². The van der Waals surface area contributed by atoms with E-state index in [1.807, 2.05) is 0 Å². The van der Waals surface area contributed by atoms with Gasteiger partial charge in [-0.1, -0.05) is 0 Å². The van der Waals surface area contributed by atoms with E-state index in [0.29, 0.717) is 52.4 Å². The first kappa shape index (κ1) is 18.3. The van der Waals surface area contributed by atoms with Gasteiger partial charge >= 0.3 is 0 Å². The zero-order chi connectivity index (χ0) is 18.5. The number of nitrogens with zero attached hydrogens (tertiary/aromatic N) is 2. The molecule has 0 aromatic heterocycles. The Balaban J connectivity index is 1.82. The molecule has 0 spiro atoms. The van der Waals surface area contributed by atoms with Crippen LogP contribution in [0.15, 0.2) is 18.2 Å². The fourth-order valence-corrected chi connectivity index (χ4v) is 3.06. The minimum Gasteiger partial charge on any atom is -0.381 e. The van der Waals surface area contributed by atoms with Gasteiger partial charge in [-0.25, -0.2) is 0 Å². The van der Waals surface area contributed by atoms with Gasteiger partial charge in [0.15, 0.2) is 0 Å². The molecule has 0 saturated carbocycles. The summed E-state index contributed by atoms with van der Waals surface area (Å²) in [5, 5.41) is 14.1. The predicted molar refractivity (Wildman–Crippen MR) is 91.1 cm³/mol. The Morgan fingerprint density at radius 2 is 1.77 bits per heavy atom. The number of amides is 2. The van der Waals surface area contributed by atoms with Gasteiger partial charge in [-0.15, -0.1) is 0 Å². The van der Waals surface area contributed by atoms with Crippen molar-refractivity contribution >= 4 is 17.5 Å². The number of morpholine rings is 1. The van der Waals surface area contributed by atoms with Gasteiger partial charge in [0.1, 0.15) is 5.56 Å². The summed E-state index contributed by atoms with van der Waals surface area (Å²) in [7, 11) is 0. The van der Waals surface area contributed by atoms with Crippen molar-refractivity contribution in [1.29, 1.82) is 0 Å². The molecular weight excluding hydrogens is 342 g/mol. The number of carbonyl (C=O) groups excluding carboxylic acids is 2. The Kier molecular flexibility index (Phi) is 5.79. The molecule has 3 rings (SSSR count). The summed E-state index contributed by atoms with van der Waals surface area (Å²) in [6.45, 7) is 2.91. The van der Waals surface area contributed by atoms with Gasteiger partial charge in [0.2, 0.25) is 0 Å². The van der Waals surface area contributed by atoms with E-state index in [1.54, 1.807) is 4.90 Å². The SMILES string of the molecule is O=C(NC1CCOCC1)c1cc(C(=O)N2CCOCC2)ccc1[N+](=O)[O-]. The van der Waals surface area contributed by atoms with Gasteiger partial charge in [0.25, 0.3) is 17.5 Å². The Morgan fingerprint density at radius 1 is 1.12 bits per heavy atom. The maximum Gasteiger partial charge on any atom is 0.282 e. The molecule has 1 aromatic rings. The van der Waals surface area contributed by atoms with Crippen LogP contribution in [-0.2, 0) is 9.47 Å². The number of ether oxygens (including phenoxy) is 2. The Morgan fingerprint density at radius 3 is 2.42 bits per heavy atom. The molecule has 140 valence electrons. The summed E-state index contributed by atoms with van der Waals surface area (Å²) < 4.78 is 10.5. The van der Waals surface area contributed by atoms with Crippen LogP contribution < -0.4 is 5.32 Å². The van der Waals surface area contributed by atoms with Crippen LogP contribution in [0, 0.1) is 10.1 Å². The zero-order valence-corrected chi connectivity index (χ0v) is 14.3. The number of hydrogen-bond acceptors (Lipinski definition) is 6. The maximum absolute atomic E-state index is 12.6. The molecule has 1 N–H and O–H groups in total. The number of nitro benzene ring substituents is 1. The van der Waals surface area contributed by atoms with Crippen molar-refractivity contribution in [2.24, 2.45) is 0 Å². The fourth-order valence-electron chi connectivity index (χ4n) is 3.06. The molecule has 26 heavy (non-hydrogen) atoms. The minimum atomic E-state index is -0.609. The van der Waals surface area contributed by atoms with E-state index in [9.17, 15) is 19.7 Å². The lowest BCUT2D eigenvalue weighted by Crippen LogP contribution is -2.41. The molecule has 2 heterocycles. The molecule has 9 heteroatoms. The molecule has 2 amide bonds. The number of nitro groups is 1. The normalized spacial score (nSPS) is 18.4. The molecule has 2 aliphatic heterocycles. The third kappa shape index (κ3) is 4.17. The summed E-state index contributed by atoms with van der Waals surface area (Å²) in [6, 6.07) is 3.83. The van der Waals surface area contributed by atoms with Crippen LogP contribution in [0.25, 0.3) is 0 Å². The number of hydrogen-bond donors (Lipinski definition) is 1. The van der Waals surface area contributed by atoms with E-state index in [1.165, 1.54) is 18.2 Å². The van der Waals surface area contributed by atoms with Gasteiger partial charge in [0.05, 0.1) is 18.1 Å². The predicted octanol–water partition coefficient (Wildman–Crippen LogP) is 0.976. The van der Waals surface area contributed by atoms with E-state index in [0.717, 1.165) is 0 Å². The first-order valence-corrected chi connectivity index (χ1v) is 8.60.